The van der Waals surface area contributed by atoms with E-state index in [1.807, 2.05) is 43.3 Å². The van der Waals surface area contributed by atoms with Gasteiger partial charge in [0, 0.05) is 18.0 Å². The van der Waals surface area contributed by atoms with Crippen molar-refractivity contribution < 1.29 is 9.90 Å². The average molecular weight is 384 g/mol. The van der Waals surface area contributed by atoms with Crippen LogP contribution in [0, 0.1) is 6.92 Å². The number of aromatic hydroxyl groups is 1. The van der Waals surface area contributed by atoms with E-state index in [1.54, 1.807) is 42.7 Å². The summed E-state index contributed by atoms with van der Waals surface area (Å²) in [4.78, 5) is 17.0. The topological polar surface area (TPSA) is 90.9 Å². The summed E-state index contributed by atoms with van der Waals surface area (Å²) in [7, 11) is 0. The molecule has 2 aromatic carbocycles. The van der Waals surface area contributed by atoms with Gasteiger partial charge in [0.15, 0.2) is 0 Å². The van der Waals surface area contributed by atoms with Crippen LogP contribution in [-0.2, 0) is 0 Å². The average Bonchev–Trinajstić information content (AvgIpc) is 3.24. The third-order valence-electron chi connectivity index (χ3n) is 4.71. The van der Waals surface area contributed by atoms with Gasteiger partial charge >= 0.3 is 0 Å². The molecule has 0 spiro atoms. The molecule has 3 N–H and O–H groups in total. The maximum absolute atomic E-state index is 12.9. The van der Waals surface area contributed by atoms with Crippen LogP contribution in [0.4, 0.5) is 0 Å². The Morgan fingerprint density at radius 3 is 2.31 bits per heavy atom. The molecule has 0 aliphatic heterocycles. The summed E-state index contributed by atoms with van der Waals surface area (Å²) in [5.74, 6) is -0.0783. The van der Waals surface area contributed by atoms with Crippen LogP contribution in [0.3, 0.4) is 0 Å². The van der Waals surface area contributed by atoms with Crippen molar-refractivity contribution in [3.8, 4) is 17.0 Å². The van der Waals surface area contributed by atoms with Gasteiger partial charge in [-0.2, -0.15) is 5.10 Å². The summed E-state index contributed by atoms with van der Waals surface area (Å²) in [5, 5.41) is 19.5. The van der Waals surface area contributed by atoms with Crippen molar-refractivity contribution in [2.45, 2.75) is 13.0 Å². The highest BCUT2D eigenvalue weighted by Crippen LogP contribution is 2.24. The van der Waals surface area contributed by atoms with E-state index in [-0.39, 0.29) is 17.7 Å². The zero-order chi connectivity index (χ0) is 20.2. The van der Waals surface area contributed by atoms with E-state index in [1.165, 1.54) is 0 Å². The van der Waals surface area contributed by atoms with E-state index in [2.05, 4.69) is 20.5 Å². The first-order valence-corrected chi connectivity index (χ1v) is 9.22. The number of hydrogen-bond acceptors (Lipinski definition) is 4. The molecular weight excluding hydrogens is 364 g/mol. The molecule has 0 bridgehead atoms. The predicted molar refractivity (Wildman–Crippen MR) is 110 cm³/mol. The van der Waals surface area contributed by atoms with Crippen LogP contribution in [0.1, 0.15) is 33.2 Å². The number of H-pyrrole nitrogens is 1. The van der Waals surface area contributed by atoms with Gasteiger partial charge in [0.1, 0.15) is 11.4 Å². The second kappa shape index (κ2) is 7.98. The maximum Gasteiger partial charge on any atom is 0.270 e. The molecule has 2 aromatic heterocycles. The quantitative estimate of drug-likeness (QED) is 0.485. The van der Waals surface area contributed by atoms with E-state index in [9.17, 15) is 9.90 Å². The minimum atomic E-state index is -0.313. The number of carbonyl (C=O) groups is 1. The highest BCUT2D eigenvalue weighted by atomic mass is 16.3. The van der Waals surface area contributed by atoms with Gasteiger partial charge in [0.25, 0.3) is 5.91 Å². The number of phenols is 1. The second-order valence-corrected chi connectivity index (χ2v) is 6.81. The lowest BCUT2D eigenvalue weighted by molar-refractivity contribution is 0.0938. The van der Waals surface area contributed by atoms with Crippen LogP contribution in [-0.4, -0.2) is 26.2 Å². The number of amides is 1. The molecule has 1 unspecified atom stereocenters. The van der Waals surface area contributed by atoms with E-state index < -0.39 is 0 Å². The van der Waals surface area contributed by atoms with Gasteiger partial charge in [0.05, 0.1) is 11.7 Å². The van der Waals surface area contributed by atoms with Crippen molar-refractivity contribution in [1.82, 2.24) is 20.5 Å². The Morgan fingerprint density at radius 1 is 0.966 bits per heavy atom. The van der Waals surface area contributed by atoms with E-state index >= 15 is 0 Å². The molecule has 0 aliphatic carbocycles. The van der Waals surface area contributed by atoms with Gasteiger partial charge in [0.2, 0.25) is 0 Å². The van der Waals surface area contributed by atoms with Gasteiger partial charge in [-0.1, -0.05) is 29.8 Å². The summed E-state index contributed by atoms with van der Waals surface area (Å²) in [6.45, 7) is 2.03. The van der Waals surface area contributed by atoms with Crippen molar-refractivity contribution in [2.24, 2.45) is 0 Å². The van der Waals surface area contributed by atoms with Gasteiger partial charge in [-0.05, 0) is 60.5 Å². The number of aryl methyl sites for hydroxylation is 1. The molecule has 29 heavy (non-hydrogen) atoms. The van der Waals surface area contributed by atoms with Gasteiger partial charge in [-0.25, -0.2) is 0 Å². The lowest BCUT2D eigenvalue weighted by atomic mass is 9.98. The number of rotatable bonds is 5. The summed E-state index contributed by atoms with van der Waals surface area (Å²) in [6.07, 6.45) is 3.42. The molecular formula is C23H20N4O2. The Balaban J connectivity index is 1.60. The fraction of sp³-hybridized carbons (Fsp3) is 0.0870. The Kier molecular flexibility index (Phi) is 5.07. The number of aromatic nitrogens is 3. The van der Waals surface area contributed by atoms with Gasteiger partial charge in [-0.15, -0.1) is 0 Å². The molecule has 6 heteroatoms. The first-order chi connectivity index (χ1) is 14.1. The minimum Gasteiger partial charge on any atom is -0.508 e. The number of benzene rings is 2. The van der Waals surface area contributed by atoms with Crippen LogP contribution in [0.15, 0.2) is 79.1 Å². The first kappa shape index (κ1) is 18.4. The zero-order valence-electron chi connectivity index (χ0n) is 15.8. The molecule has 0 fully saturated rings. The fourth-order valence-corrected chi connectivity index (χ4v) is 3.10. The van der Waals surface area contributed by atoms with Crippen molar-refractivity contribution in [1.29, 1.82) is 0 Å². The molecule has 6 nitrogen and oxygen atoms in total. The van der Waals surface area contributed by atoms with Crippen LogP contribution in [0.2, 0.25) is 0 Å². The molecule has 4 aromatic rings. The standard InChI is InChI=1S/C23H20N4O2/c1-15-2-4-17(5-3-15)22(18-10-12-24-13-11-18)25-23(29)21-14-20(26-27-21)16-6-8-19(28)9-7-16/h2-14,22,28H,1H3,(H,25,29)(H,26,27). The molecule has 0 aliphatic rings. The lowest BCUT2D eigenvalue weighted by Gasteiger charge is -2.19. The Morgan fingerprint density at radius 2 is 1.62 bits per heavy atom. The molecule has 1 atom stereocenters. The molecule has 1 amide bonds. The number of carbonyl (C=O) groups excluding carboxylic acids is 1. The smallest absolute Gasteiger partial charge is 0.270 e. The van der Waals surface area contributed by atoms with Gasteiger partial charge < -0.3 is 10.4 Å². The summed E-state index contributed by atoms with van der Waals surface area (Å²) >= 11 is 0. The third-order valence-corrected chi connectivity index (χ3v) is 4.71. The van der Waals surface area contributed by atoms with Crippen molar-refractivity contribution in [2.75, 3.05) is 0 Å². The Hall–Kier alpha value is -3.93. The number of phenolic OH excluding ortho intramolecular Hbond substituents is 1. The largest absolute Gasteiger partial charge is 0.508 e. The van der Waals surface area contributed by atoms with E-state index in [0.29, 0.717) is 11.4 Å². The molecule has 0 saturated carbocycles. The molecule has 144 valence electrons. The van der Waals surface area contributed by atoms with Crippen LogP contribution in [0.25, 0.3) is 11.3 Å². The number of nitrogens with one attached hydrogen (secondary N) is 2. The normalized spacial score (nSPS) is 11.8. The van der Waals surface area contributed by atoms with Crippen molar-refractivity contribution in [3.05, 3.63) is 102 Å². The minimum absolute atomic E-state index is 0.181. The first-order valence-electron chi connectivity index (χ1n) is 9.22. The van der Waals surface area contributed by atoms with Crippen LogP contribution in [0.5, 0.6) is 5.75 Å². The maximum atomic E-state index is 12.9. The highest BCUT2D eigenvalue weighted by Gasteiger charge is 2.19. The Labute approximate surface area is 168 Å². The SMILES string of the molecule is Cc1ccc(C(NC(=O)c2cc(-c3ccc(O)cc3)n[nH]2)c2ccncc2)cc1. The zero-order valence-corrected chi connectivity index (χ0v) is 15.8. The van der Waals surface area contributed by atoms with Gasteiger partial charge in [-0.3, -0.25) is 14.9 Å². The molecule has 0 saturated heterocycles. The number of hydrogen-bond donors (Lipinski definition) is 3. The summed E-state index contributed by atoms with van der Waals surface area (Å²) < 4.78 is 0. The highest BCUT2D eigenvalue weighted by molar-refractivity contribution is 5.93. The van der Waals surface area contributed by atoms with Crippen molar-refractivity contribution >= 4 is 5.91 Å². The predicted octanol–water partition coefficient (Wildman–Crippen LogP) is 4.01. The monoisotopic (exact) mass is 384 g/mol. The van der Waals surface area contributed by atoms with E-state index in [4.69, 9.17) is 0 Å². The fourth-order valence-electron chi connectivity index (χ4n) is 3.10. The number of aromatic amines is 1. The molecule has 0 radical (unpaired) electrons. The van der Waals surface area contributed by atoms with E-state index in [0.717, 1.165) is 22.3 Å². The summed E-state index contributed by atoms with van der Waals surface area (Å²) in [5.41, 5.74) is 4.87. The van der Waals surface area contributed by atoms with Crippen LogP contribution >= 0.6 is 0 Å². The molecule has 4 rings (SSSR count). The third kappa shape index (κ3) is 4.16. The second-order valence-electron chi connectivity index (χ2n) is 6.81. The Bertz CT molecular complexity index is 1100. The number of pyridine rings is 1. The number of nitrogens with zero attached hydrogens (tertiary/aromatic N) is 2. The van der Waals surface area contributed by atoms with Crippen LogP contribution < -0.4 is 5.32 Å². The summed E-state index contributed by atoms with van der Waals surface area (Å²) in [6, 6.07) is 19.9. The molecule has 2 heterocycles. The van der Waals surface area contributed by atoms with Crippen molar-refractivity contribution in [3.63, 3.8) is 0 Å². The lowest BCUT2D eigenvalue weighted by Crippen LogP contribution is -2.29.